The lowest BCUT2D eigenvalue weighted by Crippen LogP contribution is -2.50. The smallest absolute Gasteiger partial charge is 0.422 e. The van der Waals surface area contributed by atoms with E-state index in [1.807, 2.05) is 12.1 Å². The molecule has 0 bridgehead atoms. The maximum Gasteiger partial charge on any atom is 0.422 e. The number of anilines is 3. The summed E-state index contributed by atoms with van der Waals surface area (Å²) in [4.78, 5) is 59.4. The van der Waals surface area contributed by atoms with Crippen LogP contribution in [0.15, 0.2) is 48.5 Å². The number of halogens is 4. The predicted molar refractivity (Wildman–Crippen MR) is 153 cm³/mol. The van der Waals surface area contributed by atoms with Gasteiger partial charge in [-0.3, -0.25) is 14.4 Å². The molecule has 238 valence electrons. The first kappa shape index (κ1) is 32.7. The molecule has 45 heavy (non-hydrogen) atoms. The van der Waals surface area contributed by atoms with Crippen LogP contribution in [0.25, 0.3) is 0 Å². The maximum absolute atomic E-state index is 12.8. The van der Waals surface area contributed by atoms with Gasteiger partial charge in [-0.05, 0) is 54.8 Å². The van der Waals surface area contributed by atoms with E-state index in [-0.39, 0.29) is 17.5 Å². The molecular formula is C27H26ClF3N8O6. The van der Waals surface area contributed by atoms with Crippen LogP contribution in [0.1, 0.15) is 28.8 Å². The molecule has 1 aliphatic carbocycles. The number of alkyl halides is 3. The Hall–Kier alpha value is -5.19. The minimum absolute atomic E-state index is 0.0367. The van der Waals surface area contributed by atoms with Crippen LogP contribution in [0, 0.1) is 0 Å². The zero-order chi connectivity index (χ0) is 32.8. The van der Waals surface area contributed by atoms with Gasteiger partial charge in [-0.2, -0.15) is 28.1 Å². The zero-order valence-corrected chi connectivity index (χ0v) is 24.2. The highest BCUT2D eigenvalue weighted by atomic mass is 35.5. The molecule has 4 rings (SSSR count). The fourth-order valence-corrected chi connectivity index (χ4v) is 4.09. The van der Waals surface area contributed by atoms with Gasteiger partial charge < -0.3 is 36.5 Å². The molecule has 1 aliphatic rings. The summed E-state index contributed by atoms with van der Waals surface area (Å²) in [7, 11) is 1.07. The summed E-state index contributed by atoms with van der Waals surface area (Å²) in [6.07, 6.45) is -3.22. The van der Waals surface area contributed by atoms with Gasteiger partial charge in [0.2, 0.25) is 11.9 Å². The Morgan fingerprint density at radius 3 is 2.22 bits per heavy atom. The second-order valence-corrected chi connectivity index (χ2v) is 10.1. The van der Waals surface area contributed by atoms with Gasteiger partial charge in [0, 0.05) is 22.8 Å². The van der Waals surface area contributed by atoms with Crippen molar-refractivity contribution in [2.75, 3.05) is 30.9 Å². The summed E-state index contributed by atoms with van der Waals surface area (Å²) >= 11 is 5.99. The second kappa shape index (κ2) is 13.6. The largest absolute Gasteiger partial charge is 0.467 e. The van der Waals surface area contributed by atoms with Crippen molar-refractivity contribution >= 4 is 52.9 Å². The van der Waals surface area contributed by atoms with E-state index in [1.54, 1.807) is 12.1 Å². The normalized spacial score (nSPS) is 14.0. The molecule has 1 atom stereocenters. The Kier molecular flexibility index (Phi) is 9.91. The van der Waals surface area contributed by atoms with Crippen molar-refractivity contribution in [2.45, 2.75) is 30.6 Å². The highest BCUT2D eigenvalue weighted by molar-refractivity contribution is 6.34. The molecule has 2 aromatic carbocycles. The van der Waals surface area contributed by atoms with Crippen molar-refractivity contribution in [3.05, 3.63) is 64.7 Å². The van der Waals surface area contributed by atoms with Crippen LogP contribution < -0.4 is 31.7 Å². The van der Waals surface area contributed by atoms with Crippen molar-refractivity contribution in [1.29, 1.82) is 0 Å². The average Bonchev–Trinajstić information content (AvgIpc) is 3.78. The number of hydrogen-bond acceptors (Lipinski definition) is 11. The number of hydrogen-bond donors (Lipinski definition) is 5. The highest BCUT2D eigenvalue weighted by Gasteiger charge is 2.45. The molecule has 0 radical (unpaired) electrons. The standard InChI is InChI=1S/C27H26ClF3N8O6/c1-44-22(43)18(12-33-21(42)19(32)40)35-20(41)14-2-8-17(9-3-14)34-23-36-24(38-25(37-23)45-13-27(29,30)31)39-26(10-11-26)15-4-6-16(28)7-5-15/h2-9,18H,10-13H2,1H3,(H2,32,40)(H,33,42)(H,35,41)(H2,34,36,37,38,39)/t18-/m0/s1. The quantitative estimate of drug-likeness (QED) is 0.142. The molecule has 6 N–H and O–H groups in total. The van der Waals surface area contributed by atoms with E-state index >= 15 is 0 Å². The molecule has 1 aromatic heterocycles. The van der Waals surface area contributed by atoms with E-state index in [9.17, 15) is 32.3 Å². The van der Waals surface area contributed by atoms with Crippen LogP contribution >= 0.6 is 11.6 Å². The number of ether oxygens (including phenoxy) is 2. The number of esters is 1. The molecule has 1 saturated carbocycles. The van der Waals surface area contributed by atoms with Gasteiger partial charge in [0.15, 0.2) is 6.61 Å². The van der Waals surface area contributed by atoms with Gasteiger partial charge in [-0.15, -0.1) is 0 Å². The number of aromatic nitrogens is 3. The van der Waals surface area contributed by atoms with Crippen LogP contribution in [-0.4, -0.2) is 71.1 Å². The molecule has 1 fully saturated rings. The number of benzene rings is 2. The van der Waals surface area contributed by atoms with E-state index < -0.39 is 60.6 Å². The molecular weight excluding hydrogens is 625 g/mol. The fraction of sp³-hybridized carbons (Fsp3) is 0.296. The van der Waals surface area contributed by atoms with Crippen LogP contribution in [-0.2, 0) is 24.7 Å². The highest BCUT2D eigenvalue weighted by Crippen LogP contribution is 2.48. The maximum atomic E-state index is 12.8. The summed E-state index contributed by atoms with van der Waals surface area (Å²) in [6.45, 7) is -2.09. The fourth-order valence-electron chi connectivity index (χ4n) is 3.97. The van der Waals surface area contributed by atoms with Gasteiger partial charge in [0.1, 0.15) is 6.04 Å². The first-order valence-corrected chi connectivity index (χ1v) is 13.5. The molecule has 0 aliphatic heterocycles. The number of rotatable bonds is 12. The van der Waals surface area contributed by atoms with Crippen molar-refractivity contribution in [3.63, 3.8) is 0 Å². The molecule has 18 heteroatoms. The number of nitrogens with zero attached hydrogens (tertiary/aromatic N) is 3. The Morgan fingerprint density at radius 1 is 1.00 bits per heavy atom. The molecule has 0 unspecified atom stereocenters. The molecule has 0 saturated heterocycles. The van der Waals surface area contributed by atoms with E-state index in [4.69, 9.17) is 22.1 Å². The molecule has 0 spiro atoms. The van der Waals surface area contributed by atoms with Crippen molar-refractivity contribution < 1.29 is 41.8 Å². The van der Waals surface area contributed by atoms with Gasteiger partial charge in [-0.25, -0.2) is 4.79 Å². The lowest BCUT2D eigenvalue weighted by Gasteiger charge is -2.19. The molecule has 3 amide bonds. The number of amides is 3. The number of primary amides is 1. The van der Waals surface area contributed by atoms with Crippen molar-refractivity contribution in [1.82, 2.24) is 25.6 Å². The summed E-state index contributed by atoms with van der Waals surface area (Å²) in [5.74, 6) is -4.23. The first-order valence-electron chi connectivity index (χ1n) is 13.1. The van der Waals surface area contributed by atoms with Gasteiger partial charge in [0.05, 0.1) is 12.6 Å². The minimum atomic E-state index is -4.63. The number of carbonyl (C=O) groups is 4. The third-order valence-corrected chi connectivity index (χ3v) is 6.61. The predicted octanol–water partition coefficient (Wildman–Crippen LogP) is 2.18. The summed E-state index contributed by atoms with van der Waals surface area (Å²) < 4.78 is 47.9. The van der Waals surface area contributed by atoms with Gasteiger partial charge >= 0.3 is 30.0 Å². The lowest BCUT2D eigenvalue weighted by molar-refractivity contribution is -0.154. The number of methoxy groups -OCH3 is 1. The topological polar surface area (TPSA) is 200 Å². The number of carbonyl (C=O) groups excluding carboxylic acids is 4. The summed E-state index contributed by atoms with van der Waals surface area (Å²) in [5.41, 5.74) is 5.62. The monoisotopic (exact) mass is 650 g/mol. The van der Waals surface area contributed by atoms with Crippen LogP contribution in [0.2, 0.25) is 5.02 Å². The first-order chi connectivity index (χ1) is 21.3. The number of nitrogens with two attached hydrogens (primary N) is 1. The van der Waals surface area contributed by atoms with Gasteiger partial charge in [0.25, 0.3) is 5.91 Å². The summed E-state index contributed by atoms with van der Waals surface area (Å²) in [6, 6.07) is 10.8. The van der Waals surface area contributed by atoms with Crippen molar-refractivity contribution in [3.8, 4) is 6.01 Å². The Balaban J connectivity index is 1.49. The van der Waals surface area contributed by atoms with Crippen molar-refractivity contribution in [2.24, 2.45) is 5.73 Å². The Morgan fingerprint density at radius 2 is 1.64 bits per heavy atom. The Labute approximate surface area is 258 Å². The zero-order valence-electron chi connectivity index (χ0n) is 23.4. The number of nitrogens with one attached hydrogen (secondary N) is 4. The lowest BCUT2D eigenvalue weighted by atomic mass is 10.1. The molecule has 1 heterocycles. The Bertz CT molecular complexity index is 1570. The van der Waals surface area contributed by atoms with E-state index in [1.165, 1.54) is 24.3 Å². The SMILES string of the molecule is COC(=O)[C@H](CNC(=O)C(N)=O)NC(=O)c1ccc(Nc2nc(NC3(c4ccc(Cl)cc4)CC3)nc(OCC(F)(F)F)n2)cc1. The molecule has 3 aromatic rings. The summed E-state index contributed by atoms with van der Waals surface area (Å²) in [5, 5.41) is 11.0. The second-order valence-electron chi connectivity index (χ2n) is 9.71. The minimum Gasteiger partial charge on any atom is -0.467 e. The third kappa shape index (κ3) is 9.15. The van der Waals surface area contributed by atoms with E-state index in [0.717, 1.165) is 12.7 Å². The molecule has 14 nitrogen and oxygen atoms in total. The third-order valence-electron chi connectivity index (χ3n) is 6.36. The van der Waals surface area contributed by atoms with Crippen LogP contribution in [0.4, 0.5) is 30.8 Å². The van der Waals surface area contributed by atoms with Crippen LogP contribution in [0.5, 0.6) is 6.01 Å². The van der Waals surface area contributed by atoms with Gasteiger partial charge in [-0.1, -0.05) is 23.7 Å². The average molecular weight is 651 g/mol. The van der Waals surface area contributed by atoms with Crippen LogP contribution in [0.3, 0.4) is 0 Å². The van der Waals surface area contributed by atoms with E-state index in [0.29, 0.717) is 23.6 Å². The van der Waals surface area contributed by atoms with E-state index in [2.05, 4.69) is 41.0 Å².